The summed E-state index contributed by atoms with van der Waals surface area (Å²) in [7, 11) is 2.95. The second-order valence-corrected chi connectivity index (χ2v) is 13.6. The Kier molecular flexibility index (Phi) is 9.86. The highest BCUT2D eigenvalue weighted by atomic mass is 32.2. The van der Waals surface area contributed by atoms with Gasteiger partial charge in [-0.25, -0.2) is 0 Å². The lowest BCUT2D eigenvalue weighted by Gasteiger charge is -2.40. The molecule has 0 unspecified atom stereocenters. The van der Waals surface area contributed by atoms with Crippen molar-refractivity contribution in [1.29, 1.82) is 0 Å². The molecule has 0 aliphatic carbocycles. The zero-order valence-corrected chi connectivity index (χ0v) is 26.7. The van der Waals surface area contributed by atoms with E-state index in [2.05, 4.69) is 0 Å². The molecule has 1 saturated heterocycles. The molecule has 4 aromatic rings. The van der Waals surface area contributed by atoms with E-state index in [-0.39, 0.29) is 47.6 Å². The summed E-state index contributed by atoms with van der Waals surface area (Å²) in [5, 5.41) is 21.7. The number of benzene rings is 4. The SMILES string of the molecule is COc1cc(C[C@@H]2C(=O)OC[C@H]2C(Sc2ccccc2)(Sc2ccccc2)c2ccc(OC(C)C)c(O)c2)cc(OC)c1O. The third-order valence-electron chi connectivity index (χ3n) is 7.43. The fourth-order valence-electron chi connectivity index (χ4n) is 5.40. The van der Waals surface area contributed by atoms with Gasteiger partial charge < -0.3 is 29.2 Å². The number of rotatable bonds is 12. The molecular formula is C35H36O7S2. The van der Waals surface area contributed by atoms with Gasteiger partial charge in [0.15, 0.2) is 23.0 Å². The summed E-state index contributed by atoms with van der Waals surface area (Å²) >= 11 is 3.27. The fourth-order valence-corrected chi connectivity index (χ4v) is 8.69. The maximum atomic E-state index is 13.6. The minimum atomic E-state index is -0.821. The number of aromatic hydroxyl groups is 2. The molecule has 1 heterocycles. The van der Waals surface area contributed by atoms with Crippen LogP contribution >= 0.6 is 23.5 Å². The van der Waals surface area contributed by atoms with E-state index in [0.29, 0.717) is 12.2 Å². The number of hydrogen-bond donors (Lipinski definition) is 2. The summed E-state index contributed by atoms with van der Waals surface area (Å²) in [6, 6.07) is 29.0. The van der Waals surface area contributed by atoms with Crippen molar-refractivity contribution in [3.63, 3.8) is 0 Å². The minimum absolute atomic E-state index is 0.0256. The molecular weight excluding hydrogens is 597 g/mol. The Morgan fingerprint density at radius 2 is 1.41 bits per heavy atom. The van der Waals surface area contributed by atoms with Gasteiger partial charge in [0.2, 0.25) is 5.75 Å². The topological polar surface area (TPSA) is 94.5 Å². The predicted molar refractivity (Wildman–Crippen MR) is 173 cm³/mol. The largest absolute Gasteiger partial charge is 0.504 e. The van der Waals surface area contributed by atoms with Crippen LogP contribution in [0, 0.1) is 11.8 Å². The minimum Gasteiger partial charge on any atom is -0.504 e. The Hall–Kier alpha value is -3.95. The number of thioether (sulfide) groups is 2. The first kappa shape index (κ1) is 31.5. The van der Waals surface area contributed by atoms with E-state index in [1.165, 1.54) is 14.2 Å². The van der Waals surface area contributed by atoms with Crippen molar-refractivity contribution in [2.24, 2.45) is 11.8 Å². The van der Waals surface area contributed by atoms with Gasteiger partial charge >= 0.3 is 5.97 Å². The van der Waals surface area contributed by atoms with E-state index < -0.39 is 10.00 Å². The van der Waals surface area contributed by atoms with Crippen molar-refractivity contribution in [2.45, 2.75) is 40.2 Å². The van der Waals surface area contributed by atoms with Gasteiger partial charge in [-0.2, -0.15) is 0 Å². The average Bonchev–Trinajstić information content (AvgIpc) is 3.39. The molecule has 0 saturated carbocycles. The number of hydrogen-bond acceptors (Lipinski definition) is 9. The number of esters is 1. The Labute approximate surface area is 266 Å². The summed E-state index contributed by atoms with van der Waals surface area (Å²) < 4.78 is 21.7. The number of ether oxygens (including phenoxy) is 4. The van der Waals surface area contributed by atoms with E-state index in [0.717, 1.165) is 20.9 Å². The van der Waals surface area contributed by atoms with E-state index in [1.54, 1.807) is 47.8 Å². The average molecular weight is 633 g/mol. The molecule has 0 aromatic heterocycles. The number of carbonyl (C=O) groups excluding carboxylic acids is 1. The summed E-state index contributed by atoms with van der Waals surface area (Å²) in [5.41, 5.74) is 1.58. The summed E-state index contributed by atoms with van der Waals surface area (Å²) in [6.07, 6.45) is 0.210. The standard InChI is InChI=1S/C35H36O7S2/c1-22(2)42-30-16-15-24(20-29(30)36)35(43-25-11-7-5-8-12-25,44-26-13-9-6-10-14-26)28-21-41-34(38)27(28)17-23-18-31(39-3)33(37)32(19-23)40-4/h5-16,18-20,22,27-28,36-37H,17,21H2,1-4H3/t27-,28+/m0/s1. The van der Waals surface area contributed by atoms with Crippen LogP contribution in [0.5, 0.6) is 28.7 Å². The van der Waals surface area contributed by atoms with Gasteiger partial charge in [0.25, 0.3) is 0 Å². The molecule has 7 nitrogen and oxygen atoms in total. The molecule has 1 aliphatic rings. The summed E-state index contributed by atoms with van der Waals surface area (Å²) in [6.45, 7) is 4.00. The maximum absolute atomic E-state index is 13.6. The van der Waals surface area contributed by atoms with Gasteiger partial charge in [-0.1, -0.05) is 42.5 Å². The molecule has 1 fully saturated rings. The van der Waals surface area contributed by atoms with Crippen LogP contribution in [0.25, 0.3) is 0 Å². The Bertz CT molecular complexity index is 1510. The van der Waals surface area contributed by atoms with Crippen LogP contribution in [-0.2, 0) is 20.0 Å². The first-order valence-electron chi connectivity index (χ1n) is 14.3. The van der Waals surface area contributed by atoms with Crippen molar-refractivity contribution >= 4 is 29.5 Å². The van der Waals surface area contributed by atoms with E-state index in [4.69, 9.17) is 18.9 Å². The first-order chi connectivity index (χ1) is 21.2. The third-order valence-corrected chi connectivity index (χ3v) is 10.6. The number of cyclic esters (lactones) is 1. The lowest BCUT2D eigenvalue weighted by atomic mass is 9.83. The lowest BCUT2D eigenvalue weighted by molar-refractivity contribution is -0.141. The molecule has 0 radical (unpaired) electrons. The van der Waals surface area contributed by atoms with E-state index >= 15 is 0 Å². The molecule has 230 valence electrons. The Morgan fingerprint density at radius 1 is 0.841 bits per heavy atom. The number of phenolic OH excluding ortho intramolecular Hbond substituents is 2. The summed E-state index contributed by atoms with van der Waals surface area (Å²) in [4.78, 5) is 15.6. The predicted octanol–water partition coefficient (Wildman–Crippen LogP) is 7.67. The first-order valence-corrected chi connectivity index (χ1v) is 16.0. The van der Waals surface area contributed by atoms with Crippen LogP contribution in [-0.4, -0.2) is 43.1 Å². The van der Waals surface area contributed by atoms with E-state index in [1.807, 2.05) is 80.6 Å². The Balaban J connectivity index is 1.67. The Morgan fingerprint density at radius 3 is 1.91 bits per heavy atom. The quantitative estimate of drug-likeness (QED) is 0.0927. The molecule has 0 amide bonds. The van der Waals surface area contributed by atoms with Crippen molar-refractivity contribution in [2.75, 3.05) is 20.8 Å². The van der Waals surface area contributed by atoms with Crippen molar-refractivity contribution < 1.29 is 34.0 Å². The number of carbonyl (C=O) groups is 1. The van der Waals surface area contributed by atoms with Crippen molar-refractivity contribution in [1.82, 2.24) is 0 Å². The smallest absolute Gasteiger partial charge is 0.309 e. The molecule has 0 spiro atoms. The highest BCUT2D eigenvalue weighted by molar-refractivity contribution is 8.17. The molecule has 2 N–H and O–H groups in total. The highest BCUT2D eigenvalue weighted by Gasteiger charge is 2.53. The molecule has 1 aliphatic heterocycles. The molecule has 0 bridgehead atoms. The van der Waals surface area contributed by atoms with Crippen LogP contribution in [0.4, 0.5) is 0 Å². The zero-order chi connectivity index (χ0) is 31.3. The molecule has 44 heavy (non-hydrogen) atoms. The number of phenols is 2. The zero-order valence-electron chi connectivity index (χ0n) is 25.1. The highest BCUT2D eigenvalue weighted by Crippen LogP contribution is 2.61. The van der Waals surface area contributed by atoms with E-state index in [9.17, 15) is 15.0 Å². The van der Waals surface area contributed by atoms with Gasteiger partial charge in [0.05, 0.1) is 32.8 Å². The van der Waals surface area contributed by atoms with Gasteiger partial charge in [-0.15, -0.1) is 23.5 Å². The van der Waals surface area contributed by atoms with Crippen LogP contribution in [0.1, 0.15) is 25.0 Å². The monoisotopic (exact) mass is 632 g/mol. The van der Waals surface area contributed by atoms with Gasteiger partial charge in [0.1, 0.15) is 4.08 Å². The van der Waals surface area contributed by atoms with Crippen LogP contribution in [0.3, 0.4) is 0 Å². The molecule has 4 aromatic carbocycles. The van der Waals surface area contributed by atoms with Gasteiger partial charge in [0, 0.05) is 15.7 Å². The lowest BCUT2D eigenvalue weighted by Crippen LogP contribution is -2.35. The normalized spacial score (nSPS) is 16.5. The summed E-state index contributed by atoms with van der Waals surface area (Å²) in [5.74, 6) is -0.368. The fraction of sp³-hybridized carbons (Fsp3) is 0.286. The van der Waals surface area contributed by atoms with Crippen LogP contribution in [0.2, 0.25) is 0 Å². The van der Waals surface area contributed by atoms with Gasteiger partial charge in [-0.05, 0) is 79.9 Å². The third kappa shape index (κ3) is 6.74. The van der Waals surface area contributed by atoms with Crippen LogP contribution in [0.15, 0.2) is 101 Å². The van der Waals surface area contributed by atoms with Crippen molar-refractivity contribution in [3.8, 4) is 28.7 Å². The molecule has 2 atom stereocenters. The maximum Gasteiger partial charge on any atom is 0.309 e. The van der Waals surface area contributed by atoms with Gasteiger partial charge in [-0.3, -0.25) is 4.79 Å². The second kappa shape index (κ2) is 13.8. The van der Waals surface area contributed by atoms with Crippen molar-refractivity contribution in [3.05, 3.63) is 102 Å². The molecule has 9 heteroatoms. The molecule has 5 rings (SSSR count). The second-order valence-electron chi connectivity index (χ2n) is 10.7. The van der Waals surface area contributed by atoms with Crippen LogP contribution < -0.4 is 14.2 Å². The number of methoxy groups -OCH3 is 2.